The van der Waals surface area contributed by atoms with Crippen molar-refractivity contribution < 1.29 is 4.39 Å². The van der Waals surface area contributed by atoms with Gasteiger partial charge < -0.3 is 10.2 Å². The lowest BCUT2D eigenvalue weighted by Crippen LogP contribution is -2.30. The van der Waals surface area contributed by atoms with Gasteiger partial charge in [-0.3, -0.25) is 0 Å². The highest BCUT2D eigenvalue weighted by Crippen LogP contribution is 2.25. The summed E-state index contributed by atoms with van der Waals surface area (Å²) in [4.78, 5) is 2.16. The molecule has 0 heterocycles. The third-order valence-electron chi connectivity index (χ3n) is 4.34. The van der Waals surface area contributed by atoms with Crippen LogP contribution < -0.4 is 10.2 Å². The predicted octanol–water partition coefficient (Wildman–Crippen LogP) is 4.76. The van der Waals surface area contributed by atoms with E-state index in [4.69, 9.17) is 0 Å². The Morgan fingerprint density at radius 1 is 1.14 bits per heavy atom. The molecule has 0 saturated heterocycles. The number of benzene rings is 1. The third-order valence-corrected chi connectivity index (χ3v) is 4.34. The number of anilines is 1. The van der Waals surface area contributed by atoms with Gasteiger partial charge in [-0.15, -0.1) is 0 Å². The molecular formula is C18H31FN2. The summed E-state index contributed by atoms with van der Waals surface area (Å²) in [6.07, 6.45) is 2.29. The SMILES string of the molecule is CCNC(C)c1ccc(N(CC)CC(CC)CC)c(F)c1. The van der Waals surface area contributed by atoms with Gasteiger partial charge in [-0.05, 0) is 44.0 Å². The van der Waals surface area contributed by atoms with Gasteiger partial charge in [-0.1, -0.05) is 39.7 Å². The Balaban J connectivity index is 2.90. The van der Waals surface area contributed by atoms with E-state index in [0.717, 1.165) is 43.7 Å². The molecule has 120 valence electrons. The maximum atomic E-state index is 14.5. The number of hydrogen-bond acceptors (Lipinski definition) is 2. The quantitative estimate of drug-likeness (QED) is 0.706. The lowest BCUT2D eigenvalue weighted by Gasteiger charge is -2.28. The van der Waals surface area contributed by atoms with Crippen molar-refractivity contribution in [1.29, 1.82) is 0 Å². The molecule has 0 spiro atoms. The molecule has 0 aromatic heterocycles. The van der Waals surface area contributed by atoms with Crippen LogP contribution in [-0.4, -0.2) is 19.6 Å². The molecule has 0 bridgehead atoms. The number of hydrogen-bond donors (Lipinski definition) is 1. The van der Waals surface area contributed by atoms with Crippen LogP contribution in [0.25, 0.3) is 0 Å². The zero-order chi connectivity index (χ0) is 15.8. The van der Waals surface area contributed by atoms with Gasteiger partial charge >= 0.3 is 0 Å². The zero-order valence-electron chi connectivity index (χ0n) is 14.2. The van der Waals surface area contributed by atoms with Crippen molar-refractivity contribution in [2.45, 2.75) is 53.5 Å². The average Bonchev–Trinajstić information content (AvgIpc) is 2.49. The molecule has 0 fully saturated rings. The molecule has 0 saturated carbocycles. The van der Waals surface area contributed by atoms with Gasteiger partial charge in [0.1, 0.15) is 5.82 Å². The molecule has 1 aromatic rings. The molecule has 21 heavy (non-hydrogen) atoms. The van der Waals surface area contributed by atoms with Crippen molar-refractivity contribution >= 4 is 5.69 Å². The molecule has 0 amide bonds. The van der Waals surface area contributed by atoms with Gasteiger partial charge in [-0.2, -0.15) is 0 Å². The van der Waals surface area contributed by atoms with Crippen LogP contribution in [0.3, 0.4) is 0 Å². The summed E-state index contributed by atoms with van der Waals surface area (Å²) in [7, 11) is 0. The predicted molar refractivity (Wildman–Crippen MR) is 90.5 cm³/mol. The molecule has 2 nitrogen and oxygen atoms in total. The Hall–Kier alpha value is -1.09. The van der Waals surface area contributed by atoms with Crippen molar-refractivity contribution in [2.24, 2.45) is 5.92 Å². The second-order valence-electron chi connectivity index (χ2n) is 5.71. The topological polar surface area (TPSA) is 15.3 Å². The minimum absolute atomic E-state index is 0.106. The lowest BCUT2D eigenvalue weighted by molar-refractivity contribution is 0.481. The molecule has 1 N–H and O–H groups in total. The molecule has 0 radical (unpaired) electrons. The fraction of sp³-hybridized carbons (Fsp3) is 0.667. The Morgan fingerprint density at radius 2 is 1.81 bits per heavy atom. The van der Waals surface area contributed by atoms with E-state index < -0.39 is 0 Å². The van der Waals surface area contributed by atoms with E-state index in [0.29, 0.717) is 5.92 Å². The van der Waals surface area contributed by atoms with Crippen molar-refractivity contribution in [3.05, 3.63) is 29.6 Å². The Kier molecular flexibility index (Phi) is 7.73. The van der Waals surface area contributed by atoms with Gasteiger partial charge in [0.2, 0.25) is 0 Å². The summed E-state index contributed by atoms with van der Waals surface area (Å²) in [5.74, 6) is 0.523. The fourth-order valence-electron chi connectivity index (χ4n) is 2.73. The summed E-state index contributed by atoms with van der Waals surface area (Å²) in [6.45, 7) is 13.3. The minimum Gasteiger partial charge on any atom is -0.369 e. The summed E-state index contributed by atoms with van der Waals surface area (Å²) < 4.78 is 14.5. The zero-order valence-corrected chi connectivity index (χ0v) is 14.2. The summed E-state index contributed by atoms with van der Waals surface area (Å²) in [6, 6.07) is 5.84. The standard InChI is InChI=1S/C18H31FN2/c1-6-15(7-2)13-21(9-4)18-11-10-16(12-17(18)19)14(5)20-8-3/h10-12,14-15,20H,6-9,13H2,1-5H3. The van der Waals surface area contributed by atoms with Crippen LogP contribution in [0, 0.1) is 11.7 Å². The Labute approximate surface area is 129 Å². The Morgan fingerprint density at radius 3 is 2.29 bits per heavy atom. The summed E-state index contributed by atoms with van der Waals surface area (Å²) in [5, 5.41) is 3.32. The highest BCUT2D eigenvalue weighted by atomic mass is 19.1. The van der Waals surface area contributed by atoms with Crippen molar-refractivity contribution in [3.8, 4) is 0 Å². The van der Waals surface area contributed by atoms with E-state index >= 15 is 0 Å². The van der Waals surface area contributed by atoms with E-state index in [9.17, 15) is 4.39 Å². The van der Waals surface area contributed by atoms with Crippen LogP contribution in [0.2, 0.25) is 0 Å². The van der Waals surface area contributed by atoms with Crippen LogP contribution >= 0.6 is 0 Å². The number of nitrogens with one attached hydrogen (secondary N) is 1. The van der Waals surface area contributed by atoms with Gasteiger partial charge in [-0.25, -0.2) is 4.39 Å². The number of halogens is 1. The smallest absolute Gasteiger partial charge is 0.146 e. The Bertz CT molecular complexity index is 416. The average molecular weight is 294 g/mol. The number of rotatable bonds is 9. The molecule has 1 atom stereocenters. The second kappa shape index (κ2) is 9.04. The first-order valence-electron chi connectivity index (χ1n) is 8.34. The first-order valence-corrected chi connectivity index (χ1v) is 8.34. The molecule has 0 aliphatic heterocycles. The van der Waals surface area contributed by atoms with Crippen LogP contribution in [0.5, 0.6) is 0 Å². The molecule has 1 rings (SSSR count). The van der Waals surface area contributed by atoms with Gasteiger partial charge in [0, 0.05) is 19.1 Å². The third kappa shape index (κ3) is 4.99. The van der Waals surface area contributed by atoms with Crippen molar-refractivity contribution in [2.75, 3.05) is 24.5 Å². The summed E-state index contributed by atoms with van der Waals surface area (Å²) in [5.41, 5.74) is 1.74. The molecule has 1 aromatic carbocycles. The van der Waals surface area contributed by atoms with E-state index in [2.05, 4.69) is 44.8 Å². The highest BCUT2D eigenvalue weighted by molar-refractivity contribution is 5.49. The molecular weight excluding hydrogens is 263 g/mol. The van der Waals surface area contributed by atoms with Crippen molar-refractivity contribution in [1.82, 2.24) is 5.32 Å². The molecule has 0 aliphatic carbocycles. The van der Waals surface area contributed by atoms with E-state index in [1.807, 2.05) is 12.1 Å². The first-order chi connectivity index (χ1) is 10.1. The lowest BCUT2D eigenvalue weighted by atomic mass is 10.0. The second-order valence-corrected chi connectivity index (χ2v) is 5.71. The van der Waals surface area contributed by atoms with E-state index in [1.54, 1.807) is 6.07 Å². The van der Waals surface area contributed by atoms with Crippen LogP contribution in [-0.2, 0) is 0 Å². The first kappa shape index (κ1) is 18.0. The van der Waals surface area contributed by atoms with Crippen LogP contribution in [0.4, 0.5) is 10.1 Å². The van der Waals surface area contributed by atoms with E-state index in [-0.39, 0.29) is 11.9 Å². The molecule has 1 unspecified atom stereocenters. The van der Waals surface area contributed by atoms with Crippen molar-refractivity contribution in [3.63, 3.8) is 0 Å². The van der Waals surface area contributed by atoms with Crippen LogP contribution in [0.15, 0.2) is 18.2 Å². The molecule has 0 aliphatic rings. The molecule has 3 heteroatoms. The summed E-state index contributed by atoms with van der Waals surface area (Å²) >= 11 is 0. The maximum absolute atomic E-state index is 14.5. The van der Waals surface area contributed by atoms with Gasteiger partial charge in [0.25, 0.3) is 0 Å². The fourth-order valence-corrected chi connectivity index (χ4v) is 2.73. The van der Waals surface area contributed by atoms with Gasteiger partial charge in [0.15, 0.2) is 0 Å². The number of nitrogens with zero attached hydrogens (tertiary/aromatic N) is 1. The largest absolute Gasteiger partial charge is 0.369 e. The highest BCUT2D eigenvalue weighted by Gasteiger charge is 2.15. The van der Waals surface area contributed by atoms with E-state index in [1.165, 1.54) is 0 Å². The minimum atomic E-state index is -0.106. The maximum Gasteiger partial charge on any atom is 0.146 e. The normalized spacial score (nSPS) is 12.7. The van der Waals surface area contributed by atoms with Gasteiger partial charge in [0.05, 0.1) is 5.69 Å². The monoisotopic (exact) mass is 294 g/mol. The van der Waals surface area contributed by atoms with Crippen LogP contribution in [0.1, 0.15) is 59.1 Å².